The van der Waals surface area contributed by atoms with E-state index in [1.807, 2.05) is 42.7 Å². The first-order valence-corrected chi connectivity index (χ1v) is 10.7. The summed E-state index contributed by atoms with van der Waals surface area (Å²) in [6.45, 7) is 2.01. The second kappa shape index (κ2) is 8.70. The molecule has 2 aromatic heterocycles. The van der Waals surface area contributed by atoms with Gasteiger partial charge in [-0.05, 0) is 35.4 Å². The third-order valence-electron chi connectivity index (χ3n) is 5.88. The number of nitrogens with one attached hydrogen (secondary N) is 1. The quantitative estimate of drug-likeness (QED) is 0.490. The van der Waals surface area contributed by atoms with Crippen LogP contribution in [0.4, 0.5) is 0 Å². The van der Waals surface area contributed by atoms with Crippen LogP contribution in [0.5, 0.6) is 0 Å². The van der Waals surface area contributed by atoms with Crippen LogP contribution < -0.4 is 5.32 Å². The molecule has 7 heteroatoms. The smallest absolute Gasteiger partial charge is 0.225 e. The van der Waals surface area contributed by atoms with Crippen molar-refractivity contribution >= 4 is 22.8 Å². The Hall–Kier alpha value is -3.87. The van der Waals surface area contributed by atoms with E-state index < -0.39 is 0 Å². The second-order valence-electron chi connectivity index (χ2n) is 8.15. The number of hydrogen-bond acceptors (Lipinski definition) is 4. The van der Waals surface area contributed by atoms with Crippen molar-refractivity contribution in [3.05, 3.63) is 90.1 Å². The molecule has 4 aromatic rings. The molecule has 2 amide bonds. The molecule has 1 N–H and O–H groups in total. The number of rotatable bonds is 7. The molecule has 1 fully saturated rings. The van der Waals surface area contributed by atoms with Crippen molar-refractivity contribution in [2.24, 2.45) is 5.92 Å². The summed E-state index contributed by atoms with van der Waals surface area (Å²) < 4.78 is 7.43. The zero-order chi connectivity index (χ0) is 21.9. The first-order valence-electron chi connectivity index (χ1n) is 10.7. The summed E-state index contributed by atoms with van der Waals surface area (Å²) >= 11 is 0. The van der Waals surface area contributed by atoms with E-state index in [-0.39, 0.29) is 24.2 Å². The number of nitrogens with zero attached hydrogens (tertiary/aromatic N) is 3. The van der Waals surface area contributed by atoms with Crippen molar-refractivity contribution < 1.29 is 14.0 Å². The molecule has 5 rings (SSSR count). The fourth-order valence-corrected chi connectivity index (χ4v) is 4.12. The van der Waals surface area contributed by atoms with Crippen molar-refractivity contribution in [3.8, 4) is 0 Å². The van der Waals surface area contributed by atoms with Gasteiger partial charge in [-0.25, -0.2) is 4.98 Å². The zero-order valence-corrected chi connectivity index (χ0v) is 17.6. The lowest BCUT2D eigenvalue weighted by Crippen LogP contribution is -2.32. The van der Waals surface area contributed by atoms with Crippen LogP contribution in [0.25, 0.3) is 11.0 Å². The summed E-state index contributed by atoms with van der Waals surface area (Å²) in [5, 5.41) is 2.97. The van der Waals surface area contributed by atoms with Crippen molar-refractivity contribution in [1.82, 2.24) is 19.8 Å². The highest BCUT2D eigenvalue weighted by molar-refractivity contribution is 5.89. The Bertz CT molecular complexity index is 1230. The highest BCUT2D eigenvalue weighted by Gasteiger charge is 2.34. The summed E-state index contributed by atoms with van der Waals surface area (Å²) in [5.74, 6) is 0.293. The Morgan fingerprint density at radius 2 is 1.84 bits per heavy atom. The van der Waals surface area contributed by atoms with E-state index >= 15 is 0 Å². The minimum Gasteiger partial charge on any atom is -0.467 e. The third kappa shape index (κ3) is 4.27. The van der Waals surface area contributed by atoms with Gasteiger partial charge in [0.15, 0.2) is 0 Å². The molecule has 1 aliphatic rings. The van der Waals surface area contributed by atoms with Crippen LogP contribution >= 0.6 is 0 Å². The molecule has 0 aliphatic carbocycles. The van der Waals surface area contributed by atoms with E-state index in [1.165, 1.54) is 0 Å². The average Bonchev–Trinajstić information content (AvgIpc) is 3.55. The molecule has 0 saturated carbocycles. The number of furan rings is 1. The lowest BCUT2D eigenvalue weighted by molar-refractivity contribution is -0.129. The number of para-hydroxylation sites is 2. The van der Waals surface area contributed by atoms with Gasteiger partial charge in [0, 0.05) is 26.1 Å². The van der Waals surface area contributed by atoms with Gasteiger partial charge in [-0.1, -0.05) is 36.4 Å². The van der Waals surface area contributed by atoms with Gasteiger partial charge in [-0.2, -0.15) is 0 Å². The van der Waals surface area contributed by atoms with Gasteiger partial charge in [0.2, 0.25) is 11.8 Å². The molecule has 0 bridgehead atoms. The summed E-state index contributed by atoms with van der Waals surface area (Å²) in [4.78, 5) is 30.9. The minimum absolute atomic E-state index is 0.0158. The van der Waals surface area contributed by atoms with Gasteiger partial charge in [-0.3, -0.25) is 9.59 Å². The Balaban J connectivity index is 1.14. The van der Waals surface area contributed by atoms with Crippen LogP contribution in [-0.4, -0.2) is 32.8 Å². The third-order valence-corrected chi connectivity index (χ3v) is 5.88. The normalized spacial score (nSPS) is 16.1. The number of likely N-dealkylation sites (tertiary alicyclic amines) is 1. The van der Waals surface area contributed by atoms with Crippen LogP contribution in [0.15, 0.2) is 77.7 Å². The SMILES string of the molecule is O=C(NCc1ccc(Cn2cnc3ccccc32)cc1)C1CC(=O)N(Cc2ccco2)C1. The second-order valence-corrected chi connectivity index (χ2v) is 8.15. The lowest BCUT2D eigenvalue weighted by Gasteiger charge is -2.15. The highest BCUT2D eigenvalue weighted by atomic mass is 16.3. The summed E-state index contributed by atoms with van der Waals surface area (Å²) in [6, 6.07) is 19.9. The molecule has 3 heterocycles. The topological polar surface area (TPSA) is 80.4 Å². The summed E-state index contributed by atoms with van der Waals surface area (Å²) in [5.41, 5.74) is 4.28. The van der Waals surface area contributed by atoms with E-state index in [0.29, 0.717) is 19.6 Å². The number of carbonyl (C=O) groups is 2. The van der Waals surface area contributed by atoms with E-state index in [1.54, 1.807) is 17.2 Å². The average molecular weight is 428 g/mol. The lowest BCUT2D eigenvalue weighted by atomic mass is 10.1. The fourth-order valence-electron chi connectivity index (χ4n) is 4.12. The van der Waals surface area contributed by atoms with Crippen LogP contribution in [0, 0.1) is 5.92 Å². The van der Waals surface area contributed by atoms with E-state index in [9.17, 15) is 9.59 Å². The van der Waals surface area contributed by atoms with Gasteiger partial charge in [-0.15, -0.1) is 0 Å². The molecule has 2 aromatic carbocycles. The molecule has 32 heavy (non-hydrogen) atoms. The molecule has 1 atom stereocenters. The van der Waals surface area contributed by atoms with Crippen LogP contribution in [0.3, 0.4) is 0 Å². The molecule has 0 radical (unpaired) electrons. The molecule has 1 unspecified atom stereocenters. The standard InChI is InChI=1S/C25H24N4O3/c30-24-12-20(15-28(24)16-21-4-3-11-32-21)25(31)26-13-18-7-9-19(10-8-18)14-29-17-27-22-5-1-2-6-23(22)29/h1-11,17,20H,12-16H2,(H,26,31). The molecule has 162 valence electrons. The Kier molecular flexibility index (Phi) is 5.46. The minimum atomic E-state index is -0.328. The van der Waals surface area contributed by atoms with Crippen LogP contribution in [-0.2, 0) is 29.2 Å². The highest BCUT2D eigenvalue weighted by Crippen LogP contribution is 2.21. The Morgan fingerprint density at radius 3 is 2.66 bits per heavy atom. The number of amides is 2. The van der Waals surface area contributed by atoms with E-state index in [0.717, 1.165) is 34.5 Å². The van der Waals surface area contributed by atoms with Crippen molar-refractivity contribution in [3.63, 3.8) is 0 Å². The number of hydrogen-bond donors (Lipinski definition) is 1. The maximum Gasteiger partial charge on any atom is 0.225 e. The van der Waals surface area contributed by atoms with Crippen LogP contribution in [0.2, 0.25) is 0 Å². The molecule has 1 saturated heterocycles. The number of aromatic nitrogens is 2. The van der Waals surface area contributed by atoms with Gasteiger partial charge in [0.25, 0.3) is 0 Å². The monoisotopic (exact) mass is 428 g/mol. The van der Waals surface area contributed by atoms with Crippen molar-refractivity contribution in [2.75, 3.05) is 6.54 Å². The molecule has 1 aliphatic heterocycles. The molecule has 7 nitrogen and oxygen atoms in total. The first-order chi connectivity index (χ1) is 15.7. The van der Waals surface area contributed by atoms with E-state index in [4.69, 9.17) is 4.42 Å². The Labute approximate surface area is 185 Å². The van der Waals surface area contributed by atoms with Gasteiger partial charge >= 0.3 is 0 Å². The summed E-state index contributed by atoms with van der Waals surface area (Å²) in [6.07, 6.45) is 3.68. The predicted molar refractivity (Wildman–Crippen MR) is 119 cm³/mol. The van der Waals surface area contributed by atoms with Crippen molar-refractivity contribution in [1.29, 1.82) is 0 Å². The maximum absolute atomic E-state index is 12.6. The largest absolute Gasteiger partial charge is 0.467 e. The van der Waals surface area contributed by atoms with Gasteiger partial charge < -0.3 is 19.2 Å². The van der Waals surface area contributed by atoms with Crippen molar-refractivity contribution in [2.45, 2.75) is 26.1 Å². The van der Waals surface area contributed by atoms with Gasteiger partial charge in [0.1, 0.15) is 5.76 Å². The number of benzene rings is 2. The summed E-state index contributed by atoms with van der Waals surface area (Å²) in [7, 11) is 0. The predicted octanol–water partition coefficient (Wildman–Crippen LogP) is 3.34. The number of carbonyl (C=O) groups excluding carboxylic acids is 2. The number of fused-ring (bicyclic) bond motifs is 1. The number of imidazole rings is 1. The molecular weight excluding hydrogens is 404 g/mol. The van der Waals surface area contributed by atoms with E-state index in [2.05, 4.69) is 33.1 Å². The maximum atomic E-state index is 12.6. The van der Waals surface area contributed by atoms with Crippen LogP contribution in [0.1, 0.15) is 23.3 Å². The fraction of sp³-hybridized carbons (Fsp3) is 0.240. The van der Waals surface area contributed by atoms with Gasteiger partial charge in [0.05, 0.1) is 36.1 Å². The zero-order valence-electron chi connectivity index (χ0n) is 17.6. The Morgan fingerprint density at radius 1 is 1.03 bits per heavy atom. The molecular formula is C25H24N4O3. The molecule has 0 spiro atoms. The first kappa shape index (κ1) is 20.1.